The van der Waals surface area contributed by atoms with E-state index >= 15 is 0 Å². The van der Waals surface area contributed by atoms with Gasteiger partial charge >= 0.3 is 21.1 Å². The normalized spacial score (nSPS) is 11.1. The second-order valence-electron chi connectivity index (χ2n) is 10.1. The second kappa shape index (κ2) is 11.5. The molecule has 0 radical (unpaired) electrons. The number of hydrogen-bond donors (Lipinski definition) is 0. The van der Waals surface area contributed by atoms with Crippen molar-refractivity contribution < 1.29 is 34.9 Å². The molecule has 0 aliphatic rings. The number of hydrogen-bond acceptors (Lipinski definition) is 4. The summed E-state index contributed by atoms with van der Waals surface area (Å²) in [6.45, 7) is 3.81. The molecule has 3 aromatic heterocycles. The van der Waals surface area contributed by atoms with Crippen LogP contribution in [0, 0.1) is 31.8 Å². The number of ether oxygens (including phenoxy) is 2. The van der Waals surface area contributed by atoms with E-state index in [1.54, 1.807) is 24.2 Å². The van der Waals surface area contributed by atoms with Gasteiger partial charge in [-0.2, -0.15) is 17.2 Å². The fourth-order valence-corrected chi connectivity index (χ4v) is 5.52. The van der Waals surface area contributed by atoms with Crippen LogP contribution >= 0.6 is 0 Å². The molecule has 0 fully saturated rings. The van der Waals surface area contributed by atoms with E-state index in [-0.39, 0.29) is 26.9 Å². The molecule has 0 aliphatic carbocycles. The predicted molar refractivity (Wildman–Crippen MR) is 161 cm³/mol. The van der Waals surface area contributed by atoms with Crippen molar-refractivity contribution in [2.24, 2.45) is 0 Å². The maximum absolute atomic E-state index is 13.8. The SMILES string of the molecule is COc1ccnc(-n2c3[c-]c(Oc4[c-]c(-n5cc(-c6c(C)cc(F)cc6C)cn5)ccc4)ccc3c3ccccc32)c1.[Pt+2]. The quantitative estimate of drug-likeness (QED) is 0.161. The molecule has 8 heteroatoms. The summed E-state index contributed by atoms with van der Waals surface area (Å²) in [4.78, 5) is 4.62. The third kappa shape index (κ3) is 5.21. The standard InChI is InChI=1S/C35H25FN4O2.Pt/c1-22-15-25(36)16-23(2)35(22)24-20-38-39(21-24)26-7-6-8-28(17-26)42-29-11-12-31-30-9-4-5-10-32(30)40(33(31)18-29)34-19-27(41-3)13-14-37-34;/h4-16,19-21H,1-3H3;/q-2;+2. The van der Waals surface area contributed by atoms with Crippen molar-refractivity contribution in [3.05, 3.63) is 127 Å². The second-order valence-corrected chi connectivity index (χ2v) is 10.1. The van der Waals surface area contributed by atoms with Gasteiger partial charge in [-0.1, -0.05) is 23.7 Å². The average molecular weight is 748 g/mol. The number of methoxy groups -OCH3 is 1. The smallest absolute Gasteiger partial charge is 0.509 e. The largest absolute Gasteiger partial charge is 2.00 e. The Bertz CT molecular complexity index is 2090. The molecule has 0 bridgehead atoms. The Labute approximate surface area is 262 Å². The molecule has 43 heavy (non-hydrogen) atoms. The van der Waals surface area contributed by atoms with Crippen molar-refractivity contribution in [3.8, 4) is 39.9 Å². The van der Waals surface area contributed by atoms with Gasteiger partial charge < -0.3 is 14.0 Å². The summed E-state index contributed by atoms with van der Waals surface area (Å²) in [5, 5.41) is 6.68. The van der Waals surface area contributed by atoms with Crippen molar-refractivity contribution in [2.45, 2.75) is 13.8 Å². The number of fused-ring (bicyclic) bond motifs is 3. The van der Waals surface area contributed by atoms with Crippen molar-refractivity contribution >= 4 is 21.8 Å². The summed E-state index contributed by atoms with van der Waals surface area (Å²) in [5.74, 6) is 2.27. The number of nitrogens with zero attached hydrogens (tertiary/aromatic N) is 4. The Kier molecular flexibility index (Phi) is 7.59. The minimum absolute atomic E-state index is 0. The van der Waals surface area contributed by atoms with Gasteiger partial charge in [0.2, 0.25) is 0 Å². The Morgan fingerprint density at radius 3 is 2.44 bits per heavy atom. The summed E-state index contributed by atoms with van der Waals surface area (Å²) in [6, 6.07) is 31.4. The molecule has 7 aromatic rings. The number of aromatic nitrogens is 4. The summed E-state index contributed by atoms with van der Waals surface area (Å²) in [5.41, 5.74) is 6.16. The third-order valence-electron chi connectivity index (χ3n) is 7.33. The summed E-state index contributed by atoms with van der Waals surface area (Å²) in [6.07, 6.45) is 5.43. The van der Waals surface area contributed by atoms with Crippen LogP contribution < -0.4 is 9.47 Å². The van der Waals surface area contributed by atoms with Gasteiger partial charge in [-0.05, 0) is 65.9 Å². The number of halogens is 1. The van der Waals surface area contributed by atoms with E-state index < -0.39 is 0 Å². The zero-order chi connectivity index (χ0) is 28.8. The molecule has 0 spiro atoms. The van der Waals surface area contributed by atoms with Crippen LogP contribution in [0.2, 0.25) is 0 Å². The van der Waals surface area contributed by atoms with E-state index in [2.05, 4.69) is 38.9 Å². The van der Waals surface area contributed by atoms with Crippen LogP contribution in [0.3, 0.4) is 0 Å². The van der Waals surface area contributed by atoms with Gasteiger partial charge in [-0.15, -0.1) is 35.7 Å². The zero-order valence-corrected chi connectivity index (χ0v) is 25.8. The van der Waals surface area contributed by atoms with Crippen LogP contribution in [0.1, 0.15) is 11.1 Å². The summed E-state index contributed by atoms with van der Waals surface area (Å²) in [7, 11) is 1.64. The van der Waals surface area contributed by atoms with Crippen molar-refractivity contribution in [3.63, 3.8) is 0 Å². The Morgan fingerprint density at radius 1 is 0.837 bits per heavy atom. The van der Waals surface area contributed by atoms with Crippen LogP contribution in [0.25, 0.3) is 44.4 Å². The Morgan fingerprint density at radius 2 is 1.63 bits per heavy atom. The number of benzene rings is 4. The molecule has 0 N–H and O–H groups in total. The minimum Gasteiger partial charge on any atom is -0.509 e. The van der Waals surface area contributed by atoms with Crippen molar-refractivity contribution in [2.75, 3.05) is 7.11 Å². The molecule has 214 valence electrons. The first-order valence-electron chi connectivity index (χ1n) is 13.5. The molecule has 3 heterocycles. The molecule has 0 unspecified atom stereocenters. The summed E-state index contributed by atoms with van der Waals surface area (Å²) >= 11 is 0. The van der Waals surface area contributed by atoms with Crippen LogP contribution in [0.15, 0.2) is 97.5 Å². The molecule has 7 rings (SSSR count). The molecule has 4 aromatic carbocycles. The van der Waals surface area contributed by atoms with Gasteiger partial charge in [0.15, 0.2) is 0 Å². The number of aryl methyl sites for hydroxylation is 2. The average Bonchev–Trinajstić information content (AvgIpc) is 3.60. The molecule has 0 saturated carbocycles. The van der Waals surface area contributed by atoms with Crippen LogP contribution in [-0.4, -0.2) is 26.4 Å². The van der Waals surface area contributed by atoms with Crippen molar-refractivity contribution in [1.82, 2.24) is 19.3 Å². The molecule has 0 amide bonds. The van der Waals surface area contributed by atoms with E-state index in [1.165, 1.54) is 12.1 Å². The fraction of sp³-hybridized carbons (Fsp3) is 0.0857. The summed E-state index contributed by atoms with van der Waals surface area (Å²) < 4.78 is 29.4. The third-order valence-corrected chi connectivity index (χ3v) is 7.33. The van der Waals surface area contributed by atoms with Gasteiger partial charge in [0.25, 0.3) is 0 Å². The van der Waals surface area contributed by atoms with Gasteiger partial charge in [0.05, 0.1) is 13.3 Å². The van der Waals surface area contributed by atoms with E-state index in [9.17, 15) is 4.39 Å². The molecule has 6 nitrogen and oxygen atoms in total. The number of rotatable bonds is 6. The fourth-order valence-electron chi connectivity index (χ4n) is 5.52. The Hall–Kier alpha value is -4.74. The predicted octanol–water partition coefficient (Wildman–Crippen LogP) is 8.19. The van der Waals surface area contributed by atoms with Crippen LogP contribution in [0.4, 0.5) is 4.39 Å². The first-order valence-corrected chi connectivity index (χ1v) is 13.5. The van der Waals surface area contributed by atoms with Crippen LogP contribution in [-0.2, 0) is 21.1 Å². The zero-order valence-electron chi connectivity index (χ0n) is 23.5. The van der Waals surface area contributed by atoms with E-state index in [0.717, 1.165) is 55.6 Å². The molecule has 0 atom stereocenters. The maximum Gasteiger partial charge on any atom is 2.00 e. The van der Waals surface area contributed by atoms with E-state index in [1.807, 2.05) is 74.6 Å². The van der Waals surface area contributed by atoms with Crippen molar-refractivity contribution in [1.29, 1.82) is 0 Å². The number of para-hydroxylation sites is 1. The van der Waals surface area contributed by atoms with E-state index in [4.69, 9.17) is 9.47 Å². The molecule has 0 saturated heterocycles. The first-order chi connectivity index (χ1) is 20.5. The molecule has 0 aliphatic heterocycles. The first kappa shape index (κ1) is 28.4. The van der Waals surface area contributed by atoms with Crippen LogP contribution in [0.5, 0.6) is 17.2 Å². The monoisotopic (exact) mass is 747 g/mol. The molecular formula is C35H25FN4O2Pt. The maximum atomic E-state index is 13.8. The van der Waals surface area contributed by atoms with Gasteiger partial charge in [0.1, 0.15) is 17.4 Å². The number of pyridine rings is 1. The topological polar surface area (TPSA) is 54.1 Å². The molecular weight excluding hydrogens is 722 g/mol. The Balaban J connectivity index is 0.00000329. The van der Waals surface area contributed by atoms with Gasteiger partial charge in [0, 0.05) is 41.0 Å². The van der Waals surface area contributed by atoms with Gasteiger partial charge in [-0.3, -0.25) is 4.68 Å². The van der Waals surface area contributed by atoms with E-state index in [0.29, 0.717) is 17.2 Å². The minimum atomic E-state index is -0.241. The van der Waals surface area contributed by atoms with Gasteiger partial charge in [-0.25, -0.2) is 9.37 Å².